The molecule has 0 radical (unpaired) electrons. The standard InChI is InChI=1S/C27H40O3/c1-18-19(6-4-8-24(18)28)9-10-20-7-5-16-26(2)22(13-14-23(20)26)12-11-21-15-17-27(3,30)25(21)29/h9-10,21-24,28,30H,1,4-8,11-17H2,2-3H3/b19-9-,20-10+. The molecule has 0 spiro atoms. The lowest BCUT2D eigenvalue weighted by Gasteiger charge is -2.42. The maximum Gasteiger partial charge on any atom is 0.167 e. The minimum Gasteiger partial charge on any atom is -0.388 e. The van der Waals surface area contributed by atoms with Gasteiger partial charge in [0.05, 0.1) is 6.10 Å². The summed E-state index contributed by atoms with van der Waals surface area (Å²) >= 11 is 0. The van der Waals surface area contributed by atoms with E-state index in [-0.39, 0.29) is 17.8 Å². The number of carbonyl (C=O) groups is 1. The average molecular weight is 413 g/mol. The van der Waals surface area contributed by atoms with Crippen molar-refractivity contribution < 1.29 is 15.0 Å². The topological polar surface area (TPSA) is 57.5 Å². The number of hydrogen-bond acceptors (Lipinski definition) is 3. The number of carbonyl (C=O) groups excluding carboxylic acids is 1. The van der Waals surface area contributed by atoms with Gasteiger partial charge in [0.2, 0.25) is 0 Å². The summed E-state index contributed by atoms with van der Waals surface area (Å²) in [5.41, 5.74) is 2.99. The third kappa shape index (κ3) is 4.00. The molecule has 4 rings (SSSR count). The molecule has 6 atom stereocenters. The Morgan fingerprint density at radius 2 is 1.83 bits per heavy atom. The van der Waals surface area contributed by atoms with Crippen molar-refractivity contribution in [3.05, 3.63) is 35.5 Å². The number of Topliss-reactive ketones (excluding diaryl/α,β-unsaturated/α-hetero) is 1. The SMILES string of the molecule is C=C1/C(=C\C=C2/CCCC3(C)C(CCC4CCC(C)(O)C4=O)CCC23)CCCC1O. The number of aliphatic hydroxyl groups excluding tert-OH is 1. The lowest BCUT2D eigenvalue weighted by Crippen LogP contribution is -2.34. The first-order chi connectivity index (χ1) is 14.2. The maximum atomic E-state index is 12.4. The molecule has 0 saturated heterocycles. The summed E-state index contributed by atoms with van der Waals surface area (Å²) in [6.45, 7) is 8.30. The predicted molar refractivity (Wildman–Crippen MR) is 121 cm³/mol. The fourth-order valence-corrected chi connectivity index (χ4v) is 7.08. The fourth-order valence-electron chi connectivity index (χ4n) is 7.08. The van der Waals surface area contributed by atoms with Gasteiger partial charge in [-0.25, -0.2) is 0 Å². The van der Waals surface area contributed by atoms with Crippen LogP contribution in [0.2, 0.25) is 0 Å². The summed E-state index contributed by atoms with van der Waals surface area (Å²) in [6, 6.07) is 0. The summed E-state index contributed by atoms with van der Waals surface area (Å²) in [6.07, 6.45) is 17.0. The fraction of sp³-hybridized carbons (Fsp3) is 0.741. The van der Waals surface area contributed by atoms with E-state index < -0.39 is 5.60 Å². The molecule has 3 nitrogen and oxygen atoms in total. The van der Waals surface area contributed by atoms with Gasteiger partial charge < -0.3 is 10.2 Å². The molecule has 0 aromatic rings. The number of fused-ring (bicyclic) bond motifs is 1. The third-order valence-electron chi connectivity index (χ3n) is 9.14. The molecule has 0 amide bonds. The molecule has 2 N–H and O–H groups in total. The highest BCUT2D eigenvalue weighted by Crippen LogP contribution is 2.59. The number of hydrogen-bond donors (Lipinski definition) is 2. The Kier molecular flexibility index (Phi) is 6.16. The van der Waals surface area contributed by atoms with Crippen molar-refractivity contribution in [2.75, 3.05) is 0 Å². The van der Waals surface area contributed by atoms with Gasteiger partial charge in [0.25, 0.3) is 0 Å². The van der Waals surface area contributed by atoms with E-state index in [1.807, 2.05) is 0 Å². The van der Waals surface area contributed by atoms with E-state index in [0.29, 0.717) is 23.7 Å². The Labute approximate surface area is 182 Å². The summed E-state index contributed by atoms with van der Waals surface area (Å²) < 4.78 is 0. The lowest BCUT2D eigenvalue weighted by molar-refractivity contribution is -0.135. The first kappa shape index (κ1) is 22.0. The Morgan fingerprint density at radius 3 is 2.57 bits per heavy atom. The average Bonchev–Trinajstić information content (AvgIpc) is 3.18. The molecule has 4 saturated carbocycles. The molecule has 0 heterocycles. The van der Waals surface area contributed by atoms with E-state index in [0.717, 1.165) is 44.1 Å². The summed E-state index contributed by atoms with van der Waals surface area (Å²) in [7, 11) is 0. The smallest absolute Gasteiger partial charge is 0.167 e. The molecule has 0 aromatic carbocycles. The molecule has 0 aliphatic heterocycles. The maximum absolute atomic E-state index is 12.4. The zero-order valence-corrected chi connectivity index (χ0v) is 19.0. The van der Waals surface area contributed by atoms with Gasteiger partial charge in [-0.05, 0) is 112 Å². The molecule has 4 aliphatic carbocycles. The van der Waals surface area contributed by atoms with Gasteiger partial charge >= 0.3 is 0 Å². The van der Waals surface area contributed by atoms with E-state index in [4.69, 9.17) is 0 Å². The van der Waals surface area contributed by atoms with Gasteiger partial charge in [0.15, 0.2) is 5.78 Å². The van der Waals surface area contributed by atoms with E-state index in [1.54, 1.807) is 12.5 Å². The molecule has 3 heteroatoms. The van der Waals surface area contributed by atoms with Crippen molar-refractivity contribution >= 4 is 5.78 Å². The molecule has 4 fully saturated rings. The minimum absolute atomic E-state index is 0.0646. The molecule has 0 aromatic heterocycles. The van der Waals surface area contributed by atoms with Crippen LogP contribution in [0.4, 0.5) is 0 Å². The second-order valence-corrected chi connectivity index (χ2v) is 11.0. The van der Waals surface area contributed by atoms with Crippen molar-refractivity contribution in [3.8, 4) is 0 Å². The number of rotatable bonds is 4. The van der Waals surface area contributed by atoms with Crippen LogP contribution in [0.25, 0.3) is 0 Å². The molecule has 6 unspecified atom stereocenters. The van der Waals surface area contributed by atoms with Gasteiger partial charge in [-0.1, -0.05) is 31.2 Å². The molecular weight excluding hydrogens is 372 g/mol. The Bertz CT molecular complexity index is 758. The largest absolute Gasteiger partial charge is 0.388 e. The van der Waals surface area contributed by atoms with Gasteiger partial charge in [-0.2, -0.15) is 0 Å². The Balaban J connectivity index is 1.43. The van der Waals surface area contributed by atoms with E-state index in [9.17, 15) is 15.0 Å². The Hall–Kier alpha value is -1.19. The Morgan fingerprint density at radius 1 is 1.03 bits per heavy atom. The van der Waals surface area contributed by atoms with E-state index >= 15 is 0 Å². The second-order valence-electron chi connectivity index (χ2n) is 11.0. The summed E-state index contributed by atoms with van der Waals surface area (Å²) in [4.78, 5) is 12.4. The molecule has 166 valence electrons. The van der Waals surface area contributed by atoms with Gasteiger partial charge in [0, 0.05) is 5.92 Å². The molecule has 30 heavy (non-hydrogen) atoms. The highest BCUT2D eigenvalue weighted by Gasteiger charge is 2.49. The van der Waals surface area contributed by atoms with Crippen LogP contribution >= 0.6 is 0 Å². The van der Waals surface area contributed by atoms with Crippen molar-refractivity contribution in [1.29, 1.82) is 0 Å². The monoisotopic (exact) mass is 412 g/mol. The number of allylic oxidation sites excluding steroid dienone is 3. The van der Waals surface area contributed by atoms with Crippen LogP contribution in [-0.2, 0) is 4.79 Å². The summed E-state index contributed by atoms with van der Waals surface area (Å²) in [5.74, 6) is 1.48. The number of ketones is 1. The first-order valence-corrected chi connectivity index (χ1v) is 12.3. The van der Waals surface area contributed by atoms with E-state index in [2.05, 4.69) is 25.7 Å². The van der Waals surface area contributed by atoms with Crippen LogP contribution in [0.5, 0.6) is 0 Å². The van der Waals surface area contributed by atoms with Crippen LogP contribution in [0, 0.1) is 23.2 Å². The van der Waals surface area contributed by atoms with Crippen LogP contribution in [0.15, 0.2) is 35.5 Å². The van der Waals surface area contributed by atoms with Crippen LogP contribution < -0.4 is 0 Å². The zero-order chi connectivity index (χ0) is 21.5. The van der Waals surface area contributed by atoms with Crippen LogP contribution in [0.3, 0.4) is 0 Å². The van der Waals surface area contributed by atoms with Gasteiger partial charge in [-0.3, -0.25) is 4.79 Å². The van der Waals surface area contributed by atoms with Crippen molar-refractivity contribution in [2.45, 2.75) is 103 Å². The molecular formula is C27H40O3. The summed E-state index contributed by atoms with van der Waals surface area (Å²) in [5, 5.41) is 20.3. The molecule has 4 aliphatic rings. The van der Waals surface area contributed by atoms with Crippen LogP contribution in [0.1, 0.15) is 90.9 Å². The van der Waals surface area contributed by atoms with Crippen molar-refractivity contribution in [3.63, 3.8) is 0 Å². The van der Waals surface area contributed by atoms with Gasteiger partial charge in [-0.15, -0.1) is 0 Å². The highest BCUT2D eigenvalue weighted by molar-refractivity contribution is 5.90. The van der Waals surface area contributed by atoms with Crippen molar-refractivity contribution in [1.82, 2.24) is 0 Å². The molecule has 0 bridgehead atoms. The van der Waals surface area contributed by atoms with Gasteiger partial charge in [0.1, 0.15) is 5.60 Å². The lowest BCUT2D eigenvalue weighted by atomic mass is 9.62. The first-order valence-electron chi connectivity index (χ1n) is 12.3. The zero-order valence-electron chi connectivity index (χ0n) is 19.0. The third-order valence-corrected chi connectivity index (χ3v) is 9.14. The quantitative estimate of drug-likeness (QED) is 0.626. The second kappa shape index (κ2) is 8.39. The van der Waals surface area contributed by atoms with Crippen molar-refractivity contribution in [2.24, 2.45) is 23.2 Å². The normalized spacial score (nSPS) is 44.8. The predicted octanol–water partition coefficient (Wildman–Crippen LogP) is 5.67. The van der Waals surface area contributed by atoms with E-state index in [1.165, 1.54) is 37.7 Å². The van der Waals surface area contributed by atoms with Crippen LogP contribution in [-0.4, -0.2) is 27.7 Å². The minimum atomic E-state index is -1.09. The number of aliphatic hydroxyl groups is 2. The highest BCUT2D eigenvalue weighted by atomic mass is 16.3.